The van der Waals surface area contributed by atoms with Crippen molar-refractivity contribution >= 4 is 32.5 Å². The van der Waals surface area contributed by atoms with Crippen LogP contribution in [-0.2, 0) is 14.8 Å². The number of nitrogens with zero attached hydrogens (tertiary/aromatic N) is 2. The summed E-state index contributed by atoms with van der Waals surface area (Å²) >= 11 is 0. The van der Waals surface area contributed by atoms with Gasteiger partial charge in [0.1, 0.15) is 6.04 Å². The predicted molar refractivity (Wildman–Crippen MR) is 125 cm³/mol. The van der Waals surface area contributed by atoms with Crippen molar-refractivity contribution in [3.05, 3.63) is 70.5 Å². The summed E-state index contributed by atoms with van der Waals surface area (Å²) in [6.07, 6.45) is 2.18. The number of para-hydroxylation sites is 1. The third-order valence-corrected chi connectivity index (χ3v) is 7.90. The van der Waals surface area contributed by atoms with Gasteiger partial charge in [-0.05, 0) is 62.1 Å². The normalized spacial score (nSPS) is 15.7. The highest BCUT2D eigenvalue weighted by Gasteiger charge is 2.27. The Hall–Kier alpha value is -2.97. The van der Waals surface area contributed by atoms with E-state index in [0.717, 1.165) is 23.8 Å². The van der Waals surface area contributed by atoms with Gasteiger partial charge in [-0.15, -0.1) is 0 Å². The number of pyridine rings is 1. The first-order chi connectivity index (χ1) is 15.3. The standard InChI is InChI=1S/C24H27N3O4S/c1-3-21(27-22-9-5-4-8-20(22)17(2)16-23(27)28)24(29)25-18-10-12-19(13-11-18)32(30,31)26-14-6-7-15-26/h4-5,8-13,16,21H,3,6-7,14-15H2,1-2H3,(H,25,29). The number of amides is 1. The van der Waals surface area contributed by atoms with Crippen molar-refractivity contribution in [2.45, 2.75) is 44.0 Å². The summed E-state index contributed by atoms with van der Waals surface area (Å²) in [5, 5.41) is 3.76. The Bertz CT molecular complexity index is 1310. The second-order valence-electron chi connectivity index (χ2n) is 8.10. The Kier molecular flexibility index (Phi) is 6.17. The number of carbonyl (C=O) groups is 1. The van der Waals surface area contributed by atoms with Crippen LogP contribution >= 0.6 is 0 Å². The molecule has 1 unspecified atom stereocenters. The van der Waals surface area contributed by atoms with Crippen molar-refractivity contribution in [3.8, 4) is 0 Å². The largest absolute Gasteiger partial charge is 0.324 e. The molecule has 0 spiro atoms. The van der Waals surface area contributed by atoms with Gasteiger partial charge in [-0.3, -0.25) is 14.2 Å². The van der Waals surface area contributed by atoms with Gasteiger partial charge >= 0.3 is 0 Å². The molecule has 0 saturated carbocycles. The molecule has 2 aromatic carbocycles. The minimum absolute atomic E-state index is 0.213. The summed E-state index contributed by atoms with van der Waals surface area (Å²) in [5.41, 5.74) is 1.84. The van der Waals surface area contributed by atoms with Crippen molar-refractivity contribution in [1.29, 1.82) is 0 Å². The highest BCUT2D eigenvalue weighted by Crippen LogP contribution is 2.24. The van der Waals surface area contributed by atoms with E-state index < -0.39 is 16.1 Å². The number of benzene rings is 2. The number of fused-ring (bicyclic) bond motifs is 1. The van der Waals surface area contributed by atoms with Crippen LogP contribution in [0.1, 0.15) is 37.8 Å². The number of carbonyl (C=O) groups excluding carboxylic acids is 1. The van der Waals surface area contributed by atoms with E-state index in [1.807, 2.05) is 38.1 Å². The number of hydrogen-bond acceptors (Lipinski definition) is 4. The Labute approximate surface area is 187 Å². The van der Waals surface area contributed by atoms with Crippen molar-refractivity contribution in [1.82, 2.24) is 8.87 Å². The van der Waals surface area contributed by atoms with E-state index in [1.165, 1.54) is 21.0 Å². The molecule has 0 radical (unpaired) electrons. The van der Waals surface area contributed by atoms with Crippen molar-refractivity contribution < 1.29 is 13.2 Å². The summed E-state index contributed by atoms with van der Waals surface area (Å²) in [6, 6.07) is 14.6. The molecule has 1 aliphatic heterocycles. The van der Waals surface area contributed by atoms with Crippen LogP contribution in [0, 0.1) is 6.92 Å². The van der Waals surface area contributed by atoms with Crippen molar-refractivity contribution in [3.63, 3.8) is 0 Å². The van der Waals surface area contributed by atoms with Gasteiger partial charge in [0.25, 0.3) is 5.56 Å². The maximum atomic E-state index is 13.1. The third kappa shape index (κ3) is 4.08. The molecule has 1 fully saturated rings. The Morgan fingerprint density at radius 2 is 1.72 bits per heavy atom. The average Bonchev–Trinajstić information content (AvgIpc) is 3.33. The fourth-order valence-corrected chi connectivity index (χ4v) is 5.81. The molecule has 1 atom stereocenters. The molecule has 7 nitrogen and oxygen atoms in total. The first-order valence-electron chi connectivity index (χ1n) is 10.8. The fraction of sp³-hybridized carbons (Fsp3) is 0.333. The summed E-state index contributed by atoms with van der Waals surface area (Å²) in [6.45, 7) is 4.82. The van der Waals surface area contributed by atoms with Crippen molar-refractivity contribution in [2.75, 3.05) is 18.4 Å². The average molecular weight is 454 g/mol. The summed E-state index contributed by atoms with van der Waals surface area (Å²) in [7, 11) is -3.51. The van der Waals surface area contributed by atoms with Gasteiger partial charge in [-0.25, -0.2) is 8.42 Å². The molecule has 1 saturated heterocycles. The number of nitrogens with one attached hydrogen (secondary N) is 1. The molecule has 3 aromatic rings. The third-order valence-electron chi connectivity index (χ3n) is 5.99. The van der Waals surface area contributed by atoms with E-state index in [0.29, 0.717) is 30.7 Å². The second kappa shape index (κ2) is 8.88. The molecule has 2 heterocycles. The molecule has 8 heteroatoms. The molecule has 1 aromatic heterocycles. The van der Waals surface area contributed by atoms with E-state index in [1.54, 1.807) is 18.2 Å². The van der Waals surface area contributed by atoms with Crippen LogP contribution in [0.15, 0.2) is 64.3 Å². The summed E-state index contributed by atoms with van der Waals surface area (Å²) in [4.78, 5) is 26.1. The van der Waals surface area contributed by atoms with Gasteiger partial charge in [0.2, 0.25) is 15.9 Å². The van der Waals surface area contributed by atoms with Crippen LogP contribution in [-0.4, -0.2) is 36.3 Å². The van der Waals surface area contributed by atoms with Gasteiger partial charge in [-0.2, -0.15) is 4.31 Å². The van der Waals surface area contributed by atoms with E-state index >= 15 is 0 Å². The van der Waals surface area contributed by atoms with Gasteiger partial charge in [-0.1, -0.05) is 25.1 Å². The lowest BCUT2D eigenvalue weighted by atomic mass is 10.1. The minimum atomic E-state index is -3.51. The lowest BCUT2D eigenvalue weighted by Gasteiger charge is -2.21. The minimum Gasteiger partial charge on any atom is -0.324 e. The molecule has 1 amide bonds. The Morgan fingerprint density at radius 3 is 2.38 bits per heavy atom. The maximum absolute atomic E-state index is 13.1. The van der Waals surface area contributed by atoms with E-state index in [4.69, 9.17) is 0 Å². The SMILES string of the molecule is CCC(C(=O)Nc1ccc(S(=O)(=O)N2CCCC2)cc1)n1c(=O)cc(C)c2ccccc21. The summed E-state index contributed by atoms with van der Waals surface area (Å²) in [5.74, 6) is -0.321. The number of sulfonamides is 1. The molecule has 1 N–H and O–H groups in total. The zero-order chi connectivity index (χ0) is 22.9. The zero-order valence-electron chi connectivity index (χ0n) is 18.2. The smallest absolute Gasteiger partial charge is 0.252 e. The molecule has 1 aliphatic rings. The lowest BCUT2D eigenvalue weighted by Crippen LogP contribution is -2.33. The van der Waals surface area contributed by atoms with Crippen molar-refractivity contribution in [2.24, 2.45) is 0 Å². The van der Waals surface area contributed by atoms with E-state index in [2.05, 4.69) is 5.32 Å². The zero-order valence-corrected chi connectivity index (χ0v) is 19.1. The number of rotatable bonds is 6. The topological polar surface area (TPSA) is 88.5 Å². The van der Waals surface area contributed by atoms with Crippen LogP contribution in [0.25, 0.3) is 10.9 Å². The predicted octanol–water partition coefficient (Wildman–Crippen LogP) is 3.68. The molecule has 0 aliphatic carbocycles. The molecular formula is C24H27N3O4S. The molecule has 168 valence electrons. The van der Waals surface area contributed by atoms with Gasteiger partial charge < -0.3 is 5.32 Å². The second-order valence-corrected chi connectivity index (χ2v) is 10.0. The van der Waals surface area contributed by atoms with Crippen LogP contribution in [0.3, 0.4) is 0 Å². The fourth-order valence-electron chi connectivity index (χ4n) is 4.29. The van der Waals surface area contributed by atoms with Crippen LogP contribution in [0.2, 0.25) is 0 Å². The first kappa shape index (κ1) is 22.2. The molecule has 32 heavy (non-hydrogen) atoms. The monoisotopic (exact) mass is 453 g/mol. The van der Waals surface area contributed by atoms with Gasteiger partial charge in [0.15, 0.2) is 0 Å². The quantitative estimate of drug-likeness (QED) is 0.617. The Morgan fingerprint density at radius 1 is 1.06 bits per heavy atom. The number of aromatic nitrogens is 1. The molecule has 4 rings (SSSR count). The molecular weight excluding hydrogens is 426 g/mol. The van der Waals surface area contributed by atoms with Crippen LogP contribution < -0.4 is 10.9 Å². The van der Waals surface area contributed by atoms with Crippen LogP contribution in [0.5, 0.6) is 0 Å². The highest BCUT2D eigenvalue weighted by atomic mass is 32.2. The molecule has 0 bridgehead atoms. The van der Waals surface area contributed by atoms with E-state index in [9.17, 15) is 18.0 Å². The van der Waals surface area contributed by atoms with Gasteiger partial charge in [0, 0.05) is 30.2 Å². The first-order valence-corrected chi connectivity index (χ1v) is 12.3. The van der Waals surface area contributed by atoms with Crippen LogP contribution in [0.4, 0.5) is 5.69 Å². The van der Waals surface area contributed by atoms with E-state index in [-0.39, 0.29) is 16.4 Å². The van der Waals surface area contributed by atoms with Gasteiger partial charge in [0.05, 0.1) is 10.4 Å². The number of aryl methyl sites for hydroxylation is 1. The maximum Gasteiger partial charge on any atom is 0.252 e. The lowest BCUT2D eigenvalue weighted by molar-refractivity contribution is -0.119. The summed E-state index contributed by atoms with van der Waals surface area (Å²) < 4.78 is 28.4. The highest BCUT2D eigenvalue weighted by molar-refractivity contribution is 7.89. The number of anilines is 1. The number of hydrogen-bond donors (Lipinski definition) is 1. The Balaban J connectivity index is 1.60.